The summed E-state index contributed by atoms with van der Waals surface area (Å²) in [5.41, 5.74) is 0.650. The van der Waals surface area contributed by atoms with Gasteiger partial charge in [-0.05, 0) is 31.2 Å². The van der Waals surface area contributed by atoms with Crippen molar-refractivity contribution in [2.45, 2.75) is 13.3 Å². The van der Waals surface area contributed by atoms with Crippen LogP contribution in [-0.4, -0.2) is 16.1 Å². The van der Waals surface area contributed by atoms with E-state index >= 15 is 0 Å². The van der Waals surface area contributed by atoms with Crippen molar-refractivity contribution < 1.29 is 17.9 Å². The molecule has 0 spiro atoms. The first-order chi connectivity index (χ1) is 9.76. The third-order valence-corrected chi connectivity index (χ3v) is 2.53. The molecule has 0 unspecified atom stereocenters. The summed E-state index contributed by atoms with van der Waals surface area (Å²) in [5.74, 6) is -0.352. The lowest BCUT2D eigenvalue weighted by atomic mass is 10.3. The van der Waals surface area contributed by atoms with Crippen LogP contribution in [-0.2, 0) is 7.05 Å². The van der Waals surface area contributed by atoms with Crippen LogP contribution in [0.1, 0.15) is 5.69 Å². The summed E-state index contributed by atoms with van der Waals surface area (Å²) >= 11 is 0. The van der Waals surface area contributed by atoms with E-state index in [1.54, 1.807) is 6.92 Å². The third-order valence-electron chi connectivity index (χ3n) is 2.53. The van der Waals surface area contributed by atoms with Gasteiger partial charge in [0.05, 0.1) is 11.4 Å². The minimum absolute atomic E-state index is 0.146. The largest absolute Gasteiger partial charge is 0.573 e. The van der Waals surface area contributed by atoms with Gasteiger partial charge in [0.1, 0.15) is 5.75 Å². The molecule has 2 aromatic rings. The van der Waals surface area contributed by atoms with Gasteiger partial charge in [-0.25, -0.2) is 0 Å². The lowest BCUT2D eigenvalue weighted by Gasteiger charge is -2.07. The number of nitrogens with zero attached hydrogens (tertiary/aromatic N) is 3. The number of aromatic amines is 1. The molecule has 0 atom stereocenters. The Morgan fingerprint density at radius 1 is 1.19 bits per heavy atom. The molecule has 0 bridgehead atoms. The number of hydrogen-bond acceptors (Lipinski definition) is 4. The number of H-pyrrole nitrogens is 1. The Labute approximate surface area is 116 Å². The summed E-state index contributed by atoms with van der Waals surface area (Å²) in [5, 5.41) is 10.4. The van der Waals surface area contributed by atoms with Gasteiger partial charge in [0, 0.05) is 7.05 Å². The Kier molecular flexibility index (Phi) is 3.83. The maximum absolute atomic E-state index is 12.0. The van der Waals surface area contributed by atoms with Crippen molar-refractivity contribution in [2.75, 3.05) is 0 Å². The highest BCUT2D eigenvalue weighted by Gasteiger charge is 2.30. The Hall–Kier alpha value is -2.58. The molecule has 0 saturated carbocycles. The van der Waals surface area contributed by atoms with Crippen LogP contribution in [0.3, 0.4) is 0 Å². The molecule has 0 saturated heterocycles. The molecule has 112 valence electrons. The highest BCUT2D eigenvalue weighted by atomic mass is 19.4. The normalized spacial score (nSPS) is 12.0. The fourth-order valence-corrected chi connectivity index (χ4v) is 1.61. The van der Waals surface area contributed by atoms with E-state index < -0.39 is 6.36 Å². The number of ether oxygens (including phenoxy) is 1. The van der Waals surface area contributed by atoms with Gasteiger partial charge in [-0.15, -0.1) is 18.3 Å². The molecule has 2 rings (SSSR count). The molecule has 1 heterocycles. The second-order valence-corrected chi connectivity index (χ2v) is 4.19. The van der Waals surface area contributed by atoms with E-state index in [1.807, 2.05) is 0 Å². The topological polar surface area (TPSA) is 71.7 Å². The van der Waals surface area contributed by atoms with Crippen molar-refractivity contribution in [2.24, 2.45) is 17.3 Å². The van der Waals surface area contributed by atoms with E-state index in [0.717, 1.165) is 12.1 Å². The maximum Gasteiger partial charge on any atom is 0.573 e. The van der Waals surface area contributed by atoms with Crippen molar-refractivity contribution in [3.8, 4) is 5.75 Å². The Balaban J connectivity index is 2.17. The van der Waals surface area contributed by atoms with Crippen molar-refractivity contribution in [1.29, 1.82) is 0 Å². The minimum atomic E-state index is -4.74. The summed E-state index contributed by atoms with van der Waals surface area (Å²) in [6, 6.07) is 4.84. The lowest BCUT2D eigenvalue weighted by molar-refractivity contribution is -0.274. The standard InChI is InChI=1S/C12H11F3N4O2/c1-7-10(11(20)19(2)18-7)17-16-8-3-5-9(6-4-8)21-12(13,14)15/h3-6,18H,1-2H3. The fraction of sp³-hybridized carbons (Fsp3) is 0.250. The Morgan fingerprint density at radius 3 is 2.29 bits per heavy atom. The van der Waals surface area contributed by atoms with Gasteiger partial charge in [-0.3, -0.25) is 14.6 Å². The number of nitrogens with one attached hydrogen (secondary N) is 1. The molecule has 0 aliphatic heterocycles. The summed E-state index contributed by atoms with van der Waals surface area (Å²) < 4.78 is 41.0. The number of aromatic nitrogens is 2. The molecular weight excluding hydrogens is 289 g/mol. The molecule has 0 amide bonds. The number of aryl methyl sites for hydroxylation is 2. The average molecular weight is 300 g/mol. The second kappa shape index (κ2) is 5.43. The molecular formula is C12H11F3N4O2. The van der Waals surface area contributed by atoms with E-state index in [2.05, 4.69) is 20.1 Å². The van der Waals surface area contributed by atoms with Crippen LogP contribution in [0.4, 0.5) is 24.5 Å². The summed E-state index contributed by atoms with van der Waals surface area (Å²) in [4.78, 5) is 11.7. The molecule has 6 nitrogen and oxygen atoms in total. The van der Waals surface area contributed by atoms with Crippen LogP contribution in [0, 0.1) is 6.92 Å². The molecule has 0 radical (unpaired) electrons. The van der Waals surface area contributed by atoms with Crippen LogP contribution < -0.4 is 10.3 Å². The van der Waals surface area contributed by atoms with E-state index in [0.29, 0.717) is 11.4 Å². The van der Waals surface area contributed by atoms with Crippen molar-refractivity contribution in [1.82, 2.24) is 9.78 Å². The highest BCUT2D eigenvalue weighted by Crippen LogP contribution is 2.25. The average Bonchev–Trinajstić information content (AvgIpc) is 2.61. The number of alkyl halides is 3. The number of azo groups is 1. The number of halogens is 3. The van der Waals surface area contributed by atoms with Crippen LogP contribution in [0.5, 0.6) is 5.75 Å². The van der Waals surface area contributed by atoms with Gasteiger partial charge >= 0.3 is 6.36 Å². The summed E-state index contributed by atoms with van der Waals surface area (Å²) in [7, 11) is 1.54. The smallest absolute Gasteiger partial charge is 0.406 e. The van der Waals surface area contributed by atoms with E-state index in [1.165, 1.54) is 23.9 Å². The molecule has 1 N–H and O–H groups in total. The molecule has 1 aromatic carbocycles. The van der Waals surface area contributed by atoms with Crippen LogP contribution in [0.15, 0.2) is 39.3 Å². The molecule has 0 fully saturated rings. The predicted octanol–water partition coefficient (Wildman–Crippen LogP) is 3.34. The van der Waals surface area contributed by atoms with Gasteiger partial charge in [0.2, 0.25) is 0 Å². The van der Waals surface area contributed by atoms with Crippen LogP contribution in [0.25, 0.3) is 0 Å². The van der Waals surface area contributed by atoms with Crippen molar-refractivity contribution in [3.05, 3.63) is 40.3 Å². The summed E-state index contributed by atoms with van der Waals surface area (Å²) in [6.07, 6.45) is -4.74. The van der Waals surface area contributed by atoms with Gasteiger partial charge in [0.15, 0.2) is 5.69 Å². The Bertz CT molecular complexity index is 714. The summed E-state index contributed by atoms with van der Waals surface area (Å²) in [6.45, 7) is 1.66. The number of benzene rings is 1. The predicted molar refractivity (Wildman–Crippen MR) is 68.1 cm³/mol. The molecule has 0 aliphatic carbocycles. The number of hydrogen-bond donors (Lipinski definition) is 1. The zero-order valence-corrected chi connectivity index (χ0v) is 11.1. The monoisotopic (exact) mass is 300 g/mol. The fourth-order valence-electron chi connectivity index (χ4n) is 1.61. The minimum Gasteiger partial charge on any atom is -0.406 e. The van der Waals surface area contributed by atoms with Crippen LogP contribution >= 0.6 is 0 Å². The maximum atomic E-state index is 12.0. The van der Waals surface area contributed by atoms with Gasteiger partial charge in [0.25, 0.3) is 5.56 Å². The first-order valence-electron chi connectivity index (χ1n) is 5.79. The SMILES string of the molecule is Cc1[nH]n(C)c(=O)c1N=Nc1ccc(OC(F)(F)F)cc1. The number of rotatable bonds is 3. The van der Waals surface area contributed by atoms with Gasteiger partial charge in [-0.2, -0.15) is 5.11 Å². The highest BCUT2D eigenvalue weighted by molar-refractivity contribution is 5.43. The van der Waals surface area contributed by atoms with E-state index in [-0.39, 0.29) is 17.0 Å². The first-order valence-corrected chi connectivity index (χ1v) is 5.79. The van der Waals surface area contributed by atoms with E-state index in [4.69, 9.17) is 0 Å². The molecule has 1 aromatic heterocycles. The zero-order chi connectivity index (χ0) is 15.6. The van der Waals surface area contributed by atoms with Crippen LogP contribution in [0.2, 0.25) is 0 Å². The van der Waals surface area contributed by atoms with Crippen molar-refractivity contribution >= 4 is 11.4 Å². The molecule has 21 heavy (non-hydrogen) atoms. The third kappa shape index (κ3) is 3.71. The Morgan fingerprint density at radius 2 is 1.81 bits per heavy atom. The van der Waals surface area contributed by atoms with E-state index in [9.17, 15) is 18.0 Å². The lowest BCUT2D eigenvalue weighted by Crippen LogP contribution is -2.16. The zero-order valence-electron chi connectivity index (χ0n) is 11.1. The quantitative estimate of drug-likeness (QED) is 0.883. The van der Waals surface area contributed by atoms with Crippen molar-refractivity contribution in [3.63, 3.8) is 0 Å². The molecule has 9 heteroatoms. The van der Waals surface area contributed by atoms with Gasteiger partial charge in [-0.1, -0.05) is 0 Å². The first kappa shape index (κ1) is 14.8. The second-order valence-electron chi connectivity index (χ2n) is 4.19. The van der Waals surface area contributed by atoms with Gasteiger partial charge < -0.3 is 4.74 Å². The molecule has 0 aliphatic rings.